The number of fused-ring (bicyclic) bond motifs is 11. The average molecular weight is 719 g/mol. The molecule has 0 amide bonds. The molecule has 0 radical (unpaired) electrons. The molecular weight excluding hydrogens is 689 g/mol. The summed E-state index contributed by atoms with van der Waals surface area (Å²) in [5.41, 5.74) is 7.64. The fraction of sp³-hybridized carbons (Fsp3) is 0. The fourth-order valence-corrected chi connectivity index (χ4v) is 11.4. The van der Waals surface area contributed by atoms with E-state index in [-0.39, 0.29) is 0 Å². The smallest absolute Gasteiger partial charge is 0.0362 e. The van der Waals surface area contributed by atoms with Crippen molar-refractivity contribution < 1.29 is 0 Å². The minimum Gasteiger partial charge on any atom is -0.135 e. The molecule has 12 aromatic rings. The van der Waals surface area contributed by atoms with E-state index >= 15 is 0 Å². The Kier molecular flexibility index (Phi) is 6.48. The zero-order chi connectivity index (χ0) is 35.3. The molecule has 0 N–H and O–H groups in total. The first-order valence-electron chi connectivity index (χ1n) is 18.5. The fourth-order valence-electron chi connectivity index (χ4n) is 9.17. The van der Waals surface area contributed by atoms with Gasteiger partial charge in [0.1, 0.15) is 0 Å². The molecule has 0 fully saturated rings. The Morgan fingerprint density at radius 1 is 0.259 bits per heavy atom. The average Bonchev–Trinajstić information content (AvgIpc) is 3.80. The third-order valence-corrected chi connectivity index (χ3v) is 13.7. The van der Waals surface area contributed by atoms with Crippen LogP contribution in [0, 0.1) is 0 Å². The van der Waals surface area contributed by atoms with Crippen LogP contribution in [-0.2, 0) is 0 Å². The van der Waals surface area contributed by atoms with Crippen molar-refractivity contribution >= 4 is 106 Å². The molecule has 0 saturated heterocycles. The van der Waals surface area contributed by atoms with Crippen LogP contribution in [0.1, 0.15) is 0 Å². The lowest BCUT2D eigenvalue weighted by Gasteiger charge is -2.20. The molecule has 0 bridgehead atoms. The lowest BCUT2D eigenvalue weighted by atomic mass is 9.83. The van der Waals surface area contributed by atoms with Crippen LogP contribution in [0.3, 0.4) is 0 Å². The van der Waals surface area contributed by atoms with Crippen LogP contribution in [0.15, 0.2) is 182 Å². The van der Waals surface area contributed by atoms with Gasteiger partial charge in [-0.25, -0.2) is 0 Å². The van der Waals surface area contributed by atoms with Crippen molar-refractivity contribution in [2.24, 2.45) is 0 Å². The highest BCUT2D eigenvalue weighted by Crippen LogP contribution is 2.49. The second-order valence-electron chi connectivity index (χ2n) is 14.3. The molecule has 0 aliphatic rings. The van der Waals surface area contributed by atoms with Crippen LogP contribution in [0.2, 0.25) is 0 Å². The highest BCUT2D eigenvalue weighted by molar-refractivity contribution is 7.28. The molecule has 250 valence electrons. The van der Waals surface area contributed by atoms with E-state index in [4.69, 9.17) is 0 Å². The van der Waals surface area contributed by atoms with E-state index in [2.05, 4.69) is 182 Å². The van der Waals surface area contributed by atoms with Crippen LogP contribution < -0.4 is 0 Å². The zero-order valence-corrected chi connectivity index (χ0v) is 30.8. The monoisotopic (exact) mass is 718 g/mol. The van der Waals surface area contributed by atoms with Crippen LogP contribution in [0.5, 0.6) is 0 Å². The molecule has 2 heterocycles. The van der Waals surface area contributed by atoms with Crippen molar-refractivity contribution in [3.8, 4) is 33.4 Å². The summed E-state index contributed by atoms with van der Waals surface area (Å²) in [6.07, 6.45) is 0. The first-order chi connectivity index (χ1) is 26.8. The van der Waals surface area contributed by atoms with Crippen molar-refractivity contribution in [2.75, 3.05) is 0 Å². The predicted octanol–water partition coefficient (Wildman–Crippen LogP) is 16.0. The van der Waals surface area contributed by atoms with Gasteiger partial charge in [-0.15, -0.1) is 22.7 Å². The van der Waals surface area contributed by atoms with Crippen LogP contribution >= 0.6 is 22.7 Å². The summed E-state index contributed by atoms with van der Waals surface area (Å²) in [7, 11) is 0. The van der Waals surface area contributed by atoms with Gasteiger partial charge in [0.2, 0.25) is 0 Å². The quantitative estimate of drug-likeness (QED) is 0.160. The maximum Gasteiger partial charge on any atom is 0.0362 e. The molecule has 0 aliphatic carbocycles. The molecule has 2 aromatic heterocycles. The summed E-state index contributed by atoms with van der Waals surface area (Å²) >= 11 is 3.80. The topological polar surface area (TPSA) is 0 Å². The summed E-state index contributed by atoms with van der Waals surface area (Å²) in [5.74, 6) is 0. The SMILES string of the molecule is c1ccc2c(-c3c4ccccc4c(-c4ccc(-c5ccc6sc7ccc8sc9ccccc9c8c7c6c5)c5ccccc45)c4ccccc34)cccc2c1. The standard InChI is InChI=1S/C52H30S2/c1-2-14-33-31(12-1)13-11-22-37(33)49-38-17-5-7-19-40(38)50(41-20-8-6-18-39(41)49)42-26-25-34(35-15-3-4-16-36(35)42)32-24-27-46-44(30-32)52-48(54-46)29-28-47-51(52)43-21-9-10-23-45(43)53-47/h1-30H. The van der Waals surface area contributed by atoms with Crippen LogP contribution in [0.25, 0.3) is 117 Å². The molecule has 12 rings (SSSR count). The molecule has 54 heavy (non-hydrogen) atoms. The molecule has 10 aromatic carbocycles. The van der Waals surface area contributed by atoms with Crippen molar-refractivity contribution in [1.82, 2.24) is 0 Å². The molecule has 0 saturated carbocycles. The molecule has 0 nitrogen and oxygen atoms in total. The van der Waals surface area contributed by atoms with Gasteiger partial charge in [-0.3, -0.25) is 0 Å². The van der Waals surface area contributed by atoms with Crippen molar-refractivity contribution in [3.05, 3.63) is 182 Å². The molecule has 0 unspecified atom stereocenters. The van der Waals surface area contributed by atoms with Gasteiger partial charge in [0.05, 0.1) is 0 Å². The largest absolute Gasteiger partial charge is 0.135 e. The normalized spacial score (nSPS) is 12.1. The lowest BCUT2D eigenvalue weighted by Crippen LogP contribution is -1.93. The van der Waals surface area contributed by atoms with Gasteiger partial charge in [0.25, 0.3) is 0 Å². The molecular formula is C52H30S2. The zero-order valence-electron chi connectivity index (χ0n) is 29.1. The van der Waals surface area contributed by atoms with Crippen LogP contribution in [0.4, 0.5) is 0 Å². The van der Waals surface area contributed by atoms with E-state index in [1.165, 1.54) is 117 Å². The van der Waals surface area contributed by atoms with Gasteiger partial charge in [0.15, 0.2) is 0 Å². The van der Waals surface area contributed by atoms with E-state index in [1.807, 2.05) is 22.7 Å². The van der Waals surface area contributed by atoms with Crippen molar-refractivity contribution in [3.63, 3.8) is 0 Å². The van der Waals surface area contributed by atoms with Gasteiger partial charge in [0, 0.05) is 40.3 Å². The van der Waals surface area contributed by atoms with Gasteiger partial charge >= 0.3 is 0 Å². The Hall–Kier alpha value is -6.32. The second-order valence-corrected chi connectivity index (χ2v) is 16.5. The molecule has 0 atom stereocenters. The predicted molar refractivity (Wildman–Crippen MR) is 239 cm³/mol. The van der Waals surface area contributed by atoms with E-state index in [0.29, 0.717) is 0 Å². The first kappa shape index (κ1) is 30.2. The van der Waals surface area contributed by atoms with E-state index in [0.717, 1.165) is 0 Å². The summed E-state index contributed by atoms with van der Waals surface area (Å²) < 4.78 is 5.39. The van der Waals surface area contributed by atoms with Crippen molar-refractivity contribution in [1.29, 1.82) is 0 Å². The number of hydrogen-bond acceptors (Lipinski definition) is 2. The Morgan fingerprint density at radius 2 is 0.704 bits per heavy atom. The van der Waals surface area contributed by atoms with Gasteiger partial charge in [-0.1, -0.05) is 152 Å². The van der Waals surface area contributed by atoms with E-state index in [1.54, 1.807) is 0 Å². The number of hydrogen-bond donors (Lipinski definition) is 0. The van der Waals surface area contributed by atoms with Gasteiger partial charge in [-0.05, 0) is 107 Å². The molecule has 2 heteroatoms. The highest BCUT2D eigenvalue weighted by atomic mass is 32.1. The summed E-state index contributed by atoms with van der Waals surface area (Å²) in [6, 6.07) is 67.9. The first-order valence-corrected chi connectivity index (χ1v) is 20.1. The third-order valence-electron chi connectivity index (χ3n) is 11.5. The maximum absolute atomic E-state index is 2.45. The summed E-state index contributed by atoms with van der Waals surface area (Å²) in [4.78, 5) is 0. The maximum atomic E-state index is 2.45. The Labute approximate surface area is 319 Å². The molecule has 0 aliphatic heterocycles. The Balaban J connectivity index is 1.12. The van der Waals surface area contributed by atoms with Gasteiger partial charge in [-0.2, -0.15) is 0 Å². The molecule has 0 spiro atoms. The van der Waals surface area contributed by atoms with E-state index < -0.39 is 0 Å². The number of thiophene rings is 2. The minimum atomic E-state index is 1.25. The summed E-state index contributed by atoms with van der Waals surface area (Å²) in [5, 5.41) is 15.7. The number of benzene rings is 10. The highest BCUT2D eigenvalue weighted by Gasteiger charge is 2.20. The van der Waals surface area contributed by atoms with Crippen LogP contribution in [-0.4, -0.2) is 0 Å². The van der Waals surface area contributed by atoms with E-state index in [9.17, 15) is 0 Å². The Morgan fingerprint density at radius 3 is 1.37 bits per heavy atom. The minimum absolute atomic E-state index is 1.25. The number of rotatable bonds is 3. The van der Waals surface area contributed by atoms with Gasteiger partial charge < -0.3 is 0 Å². The Bertz CT molecular complexity index is 3440. The lowest BCUT2D eigenvalue weighted by molar-refractivity contribution is 1.67. The third kappa shape index (κ3) is 4.30. The summed E-state index contributed by atoms with van der Waals surface area (Å²) in [6.45, 7) is 0. The van der Waals surface area contributed by atoms with Crippen molar-refractivity contribution in [2.45, 2.75) is 0 Å². The second kappa shape index (κ2) is 11.6.